The first-order chi connectivity index (χ1) is 14.3. The van der Waals surface area contributed by atoms with Crippen molar-refractivity contribution >= 4 is 45.1 Å². The van der Waals surface area contributed by atoms with Crippen LogP contribution in [0, 0.1) is 0 Å². The molecule has 1 fully saturated rings. The lowest BCUT2D eigenvalue weighted by molar-refractivity contribution is -0.154. The molecule has 1 amide bonds. The molecule has 31 heavy (non-hydrogen) atoms. The number of sulfonamides is 1. The van der Waals surface area contributed by atoms with Gasteiger partial charge >= 0.3 is 5.97 Å². The van der Waals surface area contributed by atoms with Crippen molar-refractivity contribution in [1.82, 2.24) is 9.21 Å². The van der Waals surface area contributed by atoms with Gasteiger partial charge in [-0.25, -0.2) is 8.42 Å². The number of halogens is 2. The Morgan fingerprint density at radius 2 is 1.77 bits per heavy atom. The lowest BCUT2D eigenvalue weighted by Crippen LogP contribution is -2.40. The van der Waals surface area contributed by atoms with Crippen molar-refractivity contribution in [3.8, 4) is 0 Å². The number of amides is 1. The first kappa shape index (κ1) is 25.9. The van der Waals surface area contributed by atoms with E-state index in [-0.39, 0.29) is 65.7 Å². The summed E-state index contributed by atoms with van der Waals surface area (Å²) in [6.45, 7) is 6.60. The normalized spacial score (nSPS) is 15.5. The molecular weight excluding hydrogens is 467 g/mol. The monoisotopic (exact) mass is 494 g/mol. The second-order valence-corrected chi connectivity index (χ2v) is 10.9. The number of rotatable bonds is 7. The summed E-state index contributed by atoms with van der Waals surface area (Å²) in [5.74, 6) is -0.818. The van der Waals surface area contributed by atoms with Crippen LogP contribution in [0.3, 0.4) is 0 Å². The predicted molar refractivity (Wildman–Crippen MR) is 118 cm³/mol. The summed E-state index contributed by atoms with van der Waals surface area (Å²) >= 11 is 12.4. The molecular formula is C20H28Cl2N2O6S. The molecule has 1 aromatic rings. The van der Waals surface area contributed by atoms with Crippen molar-refractivity contribution in [3.05, 3.63) is 27.7 Å². The van der Waals surface area contributed by atoms with Gasteiger partial charge in [-0.2, -0.15) is 4.31 Å². The van der Waals surface area contributed by atoms with Crippen LogP contribution < -0.4 is 0 Å². The van der Waals surface area contributed by atoms with Gasteiger partial charge < -0.3 is 14.4 Å². The van der Waals surface area contributed by atoms with Crippen LogP contribution in [0.25, 0.3) is 0 Å². The Balaban J connectivity index is 2.13. The van der Waals surface area contributed by atoms with E-state index in [1.54, 1.807) is 27.8 Å². The minimum Gasteiger partial charge on any atom is -0.460 e. The van der Waals surface area contributed by atoms with Gasteiger partial charge in [0.05, 0.1) is 28.8 Å². The maximum absolute atomic E-state index is 13.0. The molecule has 11 heteroatoms. The fourth-order valence-electron chi connectivity index (χ4n) is 2.98. The van der Waals surface area contributed by atoms with E-state index in [0.29, 0.717) is 6.42 Å². The average Bonchev–Trinajstić information content (AvgIpc) is 2.66. The highest BCUT2D eigenvalue weighted by Crippen LogP contribution is 2.31. The van der Waals surface area contributed by atoms with E-state index >= 15 is 0 Å². The summed E-state index contributed by atoms with van der Waals surface area (Å²) in [4.78, 5) is 25.9. The molecule has 0 atom stereocenters. The van der Waals surface area contributed by atoms with Gasteiger partial charge in [0.2, 0.25) is 10.0 Å². The lowest BCUT2D eigenvalue weighted by Gasteiger charge is -2.27. The number of nitrogens with zero attached hydrogens (tertiary/aromatic N) is 2. The number of carbonyl (C=O) groups excluding carboxylic acids is 2. The molecule has 0 aromatic heterocycles. The van der Waals surface area contributed by atoms with Crippen molar-refractivity contribution in [2.45, 2.75) is 44.1 Å². The number of hydrogen-bond donors (Lipinski definition) is 0. The number of carbonyl (C=O) groups is 2. The highest BCUT2D eigenvalue weighted by molar-refractivity contribution is 7.89. The maximum atomic E-state index is 13.0. The number of hydrogen-bond acceptors (Lipinski definition) is 6. The number of esters is 1. The second kappa shape index (κ2) is 10.5. The van der Waals surface area contributed by atoms with Crippen molar-refractivity contribution in [1.29, 1.82) is 0 Å². The summed E-state index contributed by atoms with van der Waals surface area (Å²) in [6.07, 6.45) is 0.543. The number of ether oxygens (including phenoxy) is 2. The summed E-state index contributed by atoms with van der Waals surface area (Å²) in [5, 5.41) is -0.00413. The lowest BCUT2D eigenvalue weighted by atomic mass is 10.2. The molecule has 0 bridgehead atoms. The fraction of sp³-hybridized carbons (Fsp3) is 0.600. The number of benzene rings is 1. The molecule has 0 saturated carbocycles. The first-order valence-corrected chi connectivity index (χ1v) is 12.1. The van der Waals surface area contributed by atoms with Crippen LogP contribution in [0.4, 0.5) is 0 Å². The summed E-state index contributed by atoms with van der Waals surface area (Å²) in [5.41, 5.74) is -0.546. The van der Waals surface area contributed by atoms with Crippen LogP contribution in [-0.2, 0) is 24.3 Å². The zero-order chi connectivity index (χ0) is 23.4. The van der Waals surface area contributed by atoms with Crippen LogP contribution in [0.5, 0.6) is 0 Å². The Morgan fingerprint density at radius 1 is 1.16 bits per heavy atom. The van der Waals surface area contributed by atoms with E-state index in [0.717, 1.165) is 0 Å². The Kier molecular flexibility index (Phi) is 8.75. The van der Waals surface area contributed by atoms with E-state index in [1.165, 1.54) is 21.3 Å². The molecule has 0 radical (unpaired) electrons. The van der Waals surface area contributed by atoms with Crippen LogP contribution in [0.15, 0.2) is 17.0 Å². The fourth-order valence-corrected chi connectivity index (χ4v) is 5.21. The van der Waals surface area contributed by atoms with Gasteiger partial charge in [-0.1, -0.05) is 23.2 Å². The quantitative estimate of drug-likeness (QED) is 0.540. The van der Waals surface area contributed by atoms with Gasteiger partial charge in [-0.05, 0) is 39.3 Å². The smallest absolute Gasteiger partial charge is 0.306 e. The molecule has 0 spiro atoms. The van der Waals surface area contributed by atoms with Crippen molar-refractivity contribution < 1.29 is 27.5 Å². The van der Waals surface area contributed by atoms with Crippen molar-refractivity contribution in [2.24, 2.45) is 0 Å². The van der Waals surface area contributed by atoms with Gasteiger partial charge in [-0.3, -0.25) is 9.59 Å². The van der Waals surface area contributed by atoms with Crippen molar-refractivity contribution in [3.63, 3.8) is 0 Å². The van der Waals surface area contributed by atoms with Gasteiger partial charge in [0.1, 0.15) is 10.5 Å². The molecule has 2 rings (SSSR count). The first-order valence-electron chi connectivity index (χ1n) is 9.87. The van der Waals surface area contributed by atoms with Crippen LogP contribution in [0.1, 0.15) is 44.0 Å². The molecule has 1 heterocycles. The summed E-state index contributed by atoms with van der Waals surface area (Å²) in [7, 11) is -2.35. The van der Waals surface area contributed by atoms with Gasteiger partial charge in [-0.15, -0.1) is 0 Å². The van der Waals surface area contributed by atoms with Crippen LogP contribution in [-0.4, -0.2) is 75.0 Å². The zero-order valence-electron chi connectivity index (χ0n) is 18.1. The average molecular weight is 495 g/mol. The SMILES string of the molecule is CN(CCCC(=O)OC(C)(C)C)C(=O)c1cc(S(=O)(=O)N2CCOCC2)c(Cl)cc1Cl. The zero-order valence-corrected chi connectivity index (χ0v) is 20.4. The third-order valence-electron chi connectivity index (χ3n) is 4.48. The molecule has 174 valence electrons. The van der Waals surface area contributed by atoms with E-state index < -0.39 is 21.5 Å². The van der Waals surface area contributed by atoms with Gasteiger partial charge in [0, 0.05) is 33.1 Å². The van der Waals surface area contributed by atoms with Crippen LogP contribution >= 0.6 is 23.2 Å². The molecule has 8 nitrogen and oxygen atoms in total. The minimum absolute atomic E-state index is 0.0256. The molecule has 0 N–H and O–H groups in total. The van der Waals surface area contributed by atoms with E-state index in [2.05, 4.69) is 0 Å². The van der Waals surface area contributed by atoms with Gasteiger partial charge in [0.15, 0.2) is 0 Å². The molecule has 1 aliphatic rings. The second-order valence-electron chi connectivity index (χ2n) is 8.20. The Bertz CT molecular complexity index is 924. The molecule has 1 aliphatic heterocycles. The number of morpholine rings is 1. The highest BCUT2D eigenvalue weighted by Gasteiger charge is 2.30. The molecule has 1 aromatic carbocycles. The highest BCUT2D eigenvalue weighted by atomic mass is 35.5. The van der Waals surface area contributed by atoms with E-state index in [9.17, 15) is 18.0 Å². The topological polar surface area (TPSA) is 93.2 Å². The summed E-state index contributed by atoms with van der Waals surface area (Å²) < 4.78 is 37.7. The Labute approximate surface area is 193 Å². The third-order valence-corrected chi connectivity index (χ3v) is 7.16. The standard InChI is InChI=1S/C20H28Cl2N2O6S/c1-20(2,3)30-18(25)6-5-7-23(4)19(26)14-12-17(16(22)13-15(14)21)31(27,28)24-8-10-29-11-9-24/h12-13H,5-11H2,1-4H3. The van der Waals surface area contributed by atoms with Crippen molar-refractivity contribution in [2.75, 3.05) is 39.9 Å². The maximum Gasteiger partial charge on any atom is 0.306 e. The van der Waals surface area contributed by atoms with E-state index in [1.807, 2.05) is 0 Å². The van der Waals surface area contributed by atoms with E-state index in [4.69, 9.17) is 32.7 Å². The predicted octanol–water partition coefficient (Wildman–Crippen LogP) is 3.21. The Morgan fingerprint density at radius 3 is 2.35 bits per heavy atom. The summed E-state index contributed by atoms with van der Waals surface area (Å²) in [6, 6.07) is 2.47. The third kappa shape index (κ3) is 7.05. The molecule has 0 aliphatic carbocycles. The minimum atomic E-state index is -3.91. The van der Waals surface area contributed by atoms with Crippen LogP contribution in [0.2, 0.25) is 10.0 Å². The molecule has 0 unspecified atom stereocenters. The largest absolute Gasteiger partial charge is 0.460 e. The van der Waals surface area contributed by atoms with Gasteiger partial charge in [0.25, 0.3) is 5.91 Å². The molecule has 1 saturated heterocycles. The Hall–Kier alpha value is -1.39.